The zero-order valence-corrected chi connectivity index (χ0v) is 11.9. The summed E-state index contributed by atoms with van der Waals surface area (Å²) in [5, 5.41) is 0. The van der Waals surface area contributed by atoms with Crippen LogP contribution in [0.4, 0.5) is 5.69 Å². The topological polar surface area (TPSA) is 46.6 Å². The third-order valence-electron chi connectivity index (χ3n) is 4.75. The highest BCUT2D eigenvalue weighted by Crippen LogP contribution is 2.50. The Morgan fingerprint density at radius 2 is 1.90 bits per heavy atom. The van der Waals surface area contributed by atoms with E-state index in [0.29, 0.717) is 25.0 Å². The molecule has 1 aliphatic heterocycles. The van der Waals surface area contributed by atoms with Crippen molar-refractivity contribution in [2.45, 2.75) is 37.5 Å². The second kappa shape index (κ2) is 4.62. The first-order chi connectivity index (χ1) is 9.57. The van der Waals surface area contributed by atoms with Crippen LogP contribution in [0.1, 0.15) is 37.7 Å². The van der Waals surface area contributed by atoms with E-state index < -0.39 is 0 Å². The quantitative estimate of drug-likeness (QED) is 0.789. The molecule has 0 N–H and O–H groups in total. The Morgan fingerprint density at radius 1 is 1.20 bits per heavy atom. The van der Waals surface area contributed by atoms with Crippen LogP contribution in [0, 0.1) is 0 Å². The fourth-order valence-corrected chi connectivity index (χ4v) is 3.54. The van der Waals surface area contributed by atoms with Crippen LogP contribution in [0.2, 0.25) is 0 Å². The predicted octanol–water partition coefficient (Wildman–Crippen LogP) is 2.44. The second-order valence-corrected chi connectivity index (χ2v) is 5.80. The maximum Gasteiger partial charge on any atom is 0.227 e. The normalized spacial score (nSPS) is 21.0. The number of nitrogens with zero attached hydrogens (tertiary/aromatic N) is 1. The van der Waals surface area contributed by atoms with E-state index in [-0.39, 0.29) is 11.3 Å². The summed E-state index contributed by atoms with van der Waals surface area (Å²) in [6.07, 6.45) is 3.19. The molecule has 1 saturated carbocycles. The summed E-state index contributed by atoms with van der Waals surface area (Å²) in [6.45, 7) is 0. The number of hydrogen-bond donors (Lipinski definition) is 0. The molecule has 4 nitrogen and oxygen atoms in total. The zero-order chi connectivity index (χ0) is 14.3. The number of methoxy groups -OCH3 is 1. The number of carbonyl (C=O) groups is 2. The summed E-state index contributed by atoms with van der Waals surface area (Å²) in [5.74, 6) is 1.15. The van der Waals surface area contributed by atoms with Crippen molar-refractivity contribution in [3.05, 3.63) is 23.8 Å². The van der Waals surface area contributed by atoms with Gasteiger partial charge in [0.05, 0.1) is 12.8 Å². The van der Waals surface area contributed by atoms with Crippen molar-refractivity contribution in [2.75, 3.05) is 19.1 Å². The van der Waals surface area contributed by atoms with Gasteiger partial charge in [0.25, 0.3) is 0 Å². The summed E-state index contributed by atoms with van der Waals surface area (Å²) >= 11 is 0. The van der Waals surface area contributed by atoms with Crippen LogP contribution < -0.4 is 9.64 Å². The molecule has 0 radical (unpaired) electrons. The summed E-state index contributed by atoms with van der Waals surface area (Å²) in [6, 6.07) is 5.94. The van der Waals surface area contributed by atoms with E-state index in [1.54, 1.807) is 19.1 Å². The fraction of sp³-hybridized carbons (Fsp3) is 0.500. The van der Waals surface area contributed by atoms with Gasteiger partial charge in [-0.1, -0.05) is 12.1 Å². The maximum atomic E-state index is 12.4. The summed E-state index contributed by atoms with van der Waals surface area (Å²) in [4.78, 5) is 25.6. The van der Waals surface area contributed by atoms with Crippen LogP contribution in [-0.4, -0.2) is 25.8 Å². The molecule has 1 aromatic carbocycles. The number of hydrogen-bond acceptors (Lipinski definition) is 3. The molecule has 3 rings (SSSR count). The molecule has 2 aliphatic rings. The highest BCUT2D eigenvalue weighted by atomic mass is 16.5. The van der Waals surface area contributed by atoms with E-state index >= 15 is 0 Å². The molecule has 4 heteroatoms. The van der Waals surface area contributed by atoms with Crippen molar-refractivity contribution < 1.29 is 14.3 Å². The average Bonchev–Trinajstić information content (AvgIpc) is 2.47. The van der Waals surface area contributed by atoms with Gasteiger partial charge in [-0.25, -0.2) is 0 Å². The number of benzene rings is 1. The van der Waals surface area contributed by atoms with Gasteiger partial charge >= 0.3 is 0 Å². The van der Waals surface area contributed by atoms with Gasteiger partial charge in [-0.15, -0.1) is 0 Å². The Bertz CT molecular complexity index is 569. The van der Waals surface area contributed by atoms with Crippen molar-refractivity contribution in [2.24, 2.45) is 0 Å². The van der Waals surface area contributed by atoms with Gasteiger partial charge in [0, 0.05) is 31.7 Å². The Balaban J connectivity index is 2.15. The number of ketones is 1. The molecule has 1 heterocycles. The van der Waals surface area contributed by atoms with Crippen LogP contribution in [0.3, 0.4) is 0 Å². The molecular weight excluding hydrogens is 254 g/mol. The van der Waals surface area contributed by atoms with E-state index in [4.69, 9.17) is 4.74 Å². The molecule has 106 valence electrons. The number of carbonyl (C=O) groups excluding carboxylic acids is 2. The first kappa shape index (κ1) is 13.2. The Hall–Kier alpha value is -1.84. The van der Waals surface area contributed by atoms with Crippen molar-refractivity contribution >= 4 is 17.4 Å². The van der Waals surface area contributed by atoms with Crippen LogP contribution in [0.25, 0.3) is 0 Å². The van der Waals surface area contributed by atoms with Crippen molar-refractivity contribution in [1.82, 2.24) is 0 Å². The molecule has 1 spiro atoms. The van der Waals surface area contributed by atoms with Crippen LogP contribution in [-0.2, 0) is 15.0 Å². The molecule has 1 aromatic rings. The van der Waals surface area contributed by atoms with E-state index in [9.17, 15) is 9.59 Å². The first-order valence-electron chi connectivity index (χ1n) is 7.03. The lowest BCUT2D eigenvalue weighted by atomic mass is 9.65. The zero-order valence-electron chi connectivity index (χ0n) is 11.9. The third kappa shape index (κ3) is 1.82. The minimum Gasteiger partial charge on any atom is -0.495 e. The van der Waals surface area contributed by atoms with Gasteiger partial charge in [-0.2, -0.15) is 0 Å². The summed E-state index contributed by atoms with van der Waals surface area (Å²) in [5.41, 5.74) is 1.86. The smallest absolute Gasteiger partial charge is 0.227 e. The third-order valence-corrected chi connectivity index (χ3v) is 4.75. The van der Waals surface area contributed by atoms with Crippen LogP contribution in [0.15, 0.2) is 18.2 Å². The Morgan fingerprint density at radius 3 is 2.55 bits per heavy atom. The number of rotatable bonds is 1. The van der Waals surface area contributed by atoms with Crippen molar-refractivity contribution in [1.29, 1.82) is 0 Å². The standard InChI is InChI=1S/C16H19NO3/c1-17-14(19)10-16(8-6-11(18)7-9-16)12-4-3-5-13(20-2)15(12)17/h3-5H,6-10H2,1-2H3. The minimum absolute atomic E-state index is 0.108. The average molecular weight is 273 g/mol. The number of Topliss-reactive ketones (excluding diaryl/α,β-unsaturated/α-hetero) is 1. The van der Waals surface area contributed by atoms with Gasteiger partial charge in [-0.05, 0) is 24.5 Å². The lowest BCUT2D eigenvalue weighted by molar-refractivity contribution is -0.125. The second-order valence-electron chi connectivity index (χ2n) is 5.80. The monoisotopic (exact) mass is 273 g/mol. The molecular formula is C16H19NO3. The molecule has 20 heavy (non-hydrogen) atoms. The minimum atomic E-state index is -0.179. The number of ether oxygens (including phenoxy) is 1. The van der Waals surface area contributed by atoms with Gasteiger partial charge in [0.1, 0.15) is 11.5 Å². The van der Waals surface area contributed by atoms with E-state index in [1.807, 2.05) is 12.1 Å². The Labute approximate surface area is 118 Å². The molecule has 1 amide bonds. The fourth-order valence-electron chi connectivity index (χ4n) is 3.54. The van der Waals surface area contributed by atoms with Crippen LogP contribution >= 0.6 is 0 Å². The van der Waals surface area contributed by atoms with E-state index in [1.165, 1.54) is 0 Å². The molecule has 1 fully saturated rings. The Kier molecular flexibility index (Phi) is 3.04. The highest BCUT2D eigenvalue weighted by molar-refractivity contribution is 5.99. The molecule has 0 unspecified atom stereocenters. The summed E-state index contributed by atoms with van der Waals surface area (Å²) in [7, 11) is 3.42. The largest absolute Gasteiger partial charge is 0.495 e. The number of amides is 1. The van der Waals surface area contributed by atoms with Crippen LogP contribution in [0.5, 0.6) is 5.75 Å². The number of anilines is 1. The van der Waals surface area contributed by atoms with Crippen molar-refractivity contribution in [3.8, 4) is 5.75 Å². The molecule has 1 aliphatic carbocycles. The summed E-state index contributed by atoms with van der Waals surface area (Å²) < 4.78 is 5.43. The molecule has 0 aromatic heterocycles. The predicted molar refractivity (Wildman–Crippen MR) is 76.2 cm³/mol. The lowest BCUT2D eigenvalue weighted by Crippen LogP contribution is -2.44. The van der Waals surface area contributed by atoms with Gasteiger partial charge < -0.3 is 9.64 Å². The SMILES string of the molecule is COc1cccc2c1N(C)C(=O)CC21CCC(=O)CC1. The van der Waals surface area contributed by atoms with E-state index in [0.717, 1.165) is 29.8 Å². The van der Waals surface area contributed by atoms with Gasteiger partial charge in [0.2, 0.25) is 5.91 Å². The van der Waals surface area contributed by atoms with Gasteiger partial charge in [-0.3, -0.25) is 9.59 Å². The maximum absolute atomic E-state index is 12.4. The number of para-hydroxylation sites is 1. The van der Waals surface area contributed by atoms with Crippen molar-refractivity contribution in [3.63, 3.8) is 0 Å². The molecule has 0 atom stereocenters. The van der Waals surface area contributed by atoms with E-state index in [2.05, 4.69) is 6.07 Å². The molecule has 0 bridgehead atoms. The molecule has 0 saturated heterocycles. The first-order valence-corrected chi connectivity index (χ1v) is 7.03. The van der Waals surface area contributed by atoms with Gasteiger partial charge in [0.15, 0.2) is 0 Å². The highest BCUT2D eigenvalue weighted by Gasteiger charge is 2.45. The number of fused-ring (bicyclic) bond motifs is 2. The lowest BCUT2D eigenvalue weighted by Gasteiger charge is -2.44.